The highest BCUT2D eigenvalue weighted by molar-refractivity contribution is 9.10. The maximum absolute atomic E-state index is 5.97. The Morgan fingerprint density at radius 1 is 1.06 bits per heavy atom. The second kappa shape index (κ2) is 5.55. The third-order valence-electron chi connectivity index (χ3n) is 2.80. The minimum Gasteiger partial charge on any atom is -0.457 e. The normalized spacial score (nSPS) is 10.4. The van der Waals surface area contributed by atoms with E-state index in [9.17, 15) is 0 Å². The molecule has 2 aromatic rings. The Balaban J connectivity index is 2.36. The standard InChI is InChI=1S/C15H16BrNO/c1-10-3-4-12(9-17)15(7-10)18-14-6-5-13(16)8-11(14)2/h3-8H,9,17H2,1-2H3. The predicted molar refractivity (Wildman–Crippen MR) is 78.0 cm³/mol. The fraction of sp³-hybridized carbons (Fsp3) is 0.200. The lowest BCUT2D eigenvalue weighted by molar-refractivity contribution is 0.472. The van der Waals surface area contributed by atoms with E-state index in [1.54, 1.807) is 0 Å². The lowest BCUT2D eigenvalue weighted by Gasteiger charge is -2.13. The second-order valence-electron chi connectivity index (χ2n) is 4.33. The molecule has 2 rings (SSSR count). The topological polar surface area (TPSA) is 35.2 Å². The molecule has 0 atom stereocenters. The Labute approximate surface area is 116 Å². The molecule has 0 saturated carbocycles. The molecule has 0 aromatic heterocycles. The van der Waals surface area contributed by atoms with Gasteiger partial charge in [-0.25, -0.2) is 0 Å². The van der Waals surface area contributed by atoms with Gasteiger partial charge in [0.2, 0.25) is 0 Å². The number of rotatable bonds is 3. The average Bonchev–Trinajstić information content (AvgIpc) is 2.33. The zero-order valence-electron chi connectivity index (χ0n) is 10.5. The Hall–Kier alpha value is -1.32. The van der Waals surface area contributed by atoms with Crippen molar-refractivity contribution < 1.29 is 4.74 Å². The second-order valence-corrected chi connectivity index (χ2v) is 5.24. The summed E-state index contributed by atoms with van der Waals surface area (Å²) in [6.07, 6.45) is 0. The van der Waals surface area contributed by atoms with Gasteiger partial charge in [0.05, 0.1) is 0 Å². The van der Waals surface area contributed by atoms with Crippen molar-refractivity contribution in [1.82, 2.24) is 0 Å². The van der Waals surface area contributed by atoms with Gasteiger partial charge < -0.3 is 10.5 Å². The molecule has 0 unspecified atom stereocenters. The largest absolute Gasteiger partial charge is 0.457 e. The average molecular weight is 306 g/mol. The Kier molecular flexibility index (Phi) is 4.04. The highest BCUT2D eigenvalue weighted by atomic mass is 79.9. The fourth-order valence-corrected chi connectivity index (χ4v) is 2.25. The third-order valence-corrected chi connectivity index (χ3v) is 3.29. The van der Waals surface area contributed by atoms with Crippen LogP contribution in [0.15, 0.2) is 40.9 Å². The Morgan fingerprint density at radius 3 is 2.50 bits per heavy atom. The maximum Gasteiger partial charge on any atom is 0.132 e. The van der Waals surface area contributed by atoms with Gasteiger partial charge in [0.25, 0.3) is 0 Å². The minimum absolute atomic E-state index is 0.477. The van der Waals surface area contributed by atoms with Crippen LogP contribution in [0.4, 0.5) is 0 Å². The van der Waals surface area contributed by atoms with E-state index in [2.05, 4.69) is 15.9 Å². The minimum atomic E-state index is 0.477. The predicted octanol–water partition coefficient (Wildman–Crippen LogP) is 4.32. The molecule has 0 radical (unpaired) electrons. The first-order valence-corrected chi connectivity index (χ1v) is 6.63. The van der Waals surface area contributed by atoms with Crippen molar-refractivity contribution in [2.45, 2.75) is 20.4 Å². The molecule has 0 spiro atoms. The van der Waals surface area contributed by atoms with Crippen LogP contribution in [0.5, 0.6) is 11.5 Å². The molecular formula is C15H16BrNO. The highest BCUT2D eigenvalue weighted by Crippen LogP contribution is 2.30. The SMILES string of the molecule is Cc1ccc(CN)c(Oc2ccc(Br)cc2C)c1. The molecule has 2 aromatic carbocycles. The number of aryl methyl sites for hydroxylation is 2. The summed E-state index contributed by atoms with van der Waals surface area (Å²) < 4.78 is 7.02. The smallest absolute Gasteiger partial charge is 0.132 e. The first kappa shape index (κ1) is 13.1. The van der Waals surface area contributed by atoms with E-state index in [4.69, 9.17) is 10.5 Å². The molecule has 18 heavy (non-hydrogen) atoms. The van der Waals surface area contributed by atoms with Crippen molar-refractivity contribution in [1.29, 1.82) is 0 Å². The van der Waals surface area contributed by atoms with Crippen LogP contribution in [0.1, 0.15) is 16.7 Å². The lowest BCUT2D eigenvalue weighted by Crippen LogP contribution is -2.00. The van der Waals surface area contributed by atoms with Crippen molar-refractivity contribution in [2.75, 3.05) is 0 Å². The van der Waals surface area contributed by atoms with E-state index in [1.165, 1.54) is 0 Å². The first-order chi connectivity index (χ1) is 8.60. The van der Waals surface area contributed by atoms with Crippen LogP contribution in [0.3, 0.4) is 0 Å². The number of benzene rings is 2. The van der Waals surface area contributed by atoms with Crippen molar-refractivity contribution >= 4 is 15.9 Å². The van der Waals surface area contributed by atoms with Crippen molar-refractivity contribution in [2.24, 2.45) is 5.73 Å². The third kappa shape index (κ3) is 2.92. The van der Waals surface area contributed by atoms with Crippen LogP contribution in [0, 0.1) is 13.8 Å². The van der Waals surface area contributed by atoms with Crippen LogP contribution in [0.2, 0.25) is 0 Å². The van der Waals surface area contributed by atoms with Gasteiger partial charge >= 0.3 is 0 Å². The number of ether oxygens (including phenoxy) is 1. The van der Waals surface area contributed by atoms with E-state index in [1.807, 2.05) is 50.2 Å². The van der Waals surface area contributed by atoms with Crippen molar-refractivity contribution in [3.63, 3.8) is 0 Å². The summed E-state index contributed by atoms with van der Waals surface area (Å²) in [7, 11) is 0. The number of nitrogens with two attached hydrogens (primary N) is 1. The van der Waals surface area contributed by atoms with Crippen LogP contribution < -0.4 is 10.5 Å². The van der Waals surface area contributed by atoms with Gasteiger partial charge in [0.15, 0.2) is 0 Å². The Bertz CT molecular complexity index is 566. The summed E-state index contributed by atoms with van der Waals surface area (Å²) in [5, 5.41) is 0. The van der Waals surface area contributed by atoms with E-state index >= 15 is 0 Å². The van der Waals surface area contributed by atoms with Crippen molar-refractivity contribution in [3.8, 4) is 11.5 Å². The molecule has 0 aliphatic heterocycles. The molecular weight excluding hydrogens is 290 g/mol. The van der Waals surface area contributed by atoms with Crippen LogP contribution in [-0.2, 0) is 6.54 Å². The molecule has 0 fully saturated rings. The molecule has 0 aliphatic rings. The number of hydrogen-bond acceptors (Lipinski definition) is 2. The molecule has 0 amide bonds. The summed E-state index contributed by atoms with van der Waals surface area (Å²) >= 11 is 3.45. The van der Waals surface area contributed by atoms with Crippen LogP contribution in [-0.4, -0.2) is 0 Å². The Morgan fingerprint density at radius 2 is 1.83 bits per heavy atom. The fourth-order valence-electron chi connectivity index (χ4n) is 1.77. The van der Waals surface area contributed by atoms with Gasteiger partial charge in [-0.15, -0.1) is 0 Å². The lowest BCUT2D eigenvalue weighted by atomic mass is 10.1. The molecule has 0 bridgehead atoms. The molecule has 0 aliphatic carbocycles. The maximum atomic E-state index is 5.97. The van der Waals surface area contributed by atoms with Gasteiger partial charge in [-0.1, -0.05) is 28.1 Å². The summed E-state index contributed by atoms with van der Waals surface area (Å²) in [5.74, 6) is 1.70. The number of hydrogen-bond donors (Lipinski definition) is 1. The van der Waals surface area contributed by atoms with Gasteiger partial charge in [-0.3, -0.25) is 0 Å². The number of halogens is 1. The summed E-state index contributed by atoms with van der Waals surface area (Å²) in [6.45, 7) is 4.55. The van der Waals surface area contributed by atoms with Crippen LogP contribution >= 0.6 is 15.9 Å². The van der Waals surface area contributed by atoms with Gasteiger partial charge in [-0.05, 0) is 49.2 Å². The molecule has 3 heteroatoms. The van der Waals surface area contributed by atoms with E-state index in [0.29, 0.717) is 6.54 Å². The van der Waals surface area contributed by atoms with Crippen LogP contribution in [0.25, 0.3) is 0 Å². The van der Waals surface area contributed by atoms with E-state index < -0.39 is 0 Å². The molecule has 0 saturated heterocycles. The van der Waals surface area contributed by atoms with Crippen molar-refractivity contribution in [3.05, 3.63) is 57.6 Å². The zero-order chi connectivity index (χ0) is 13.1. The van der Waals surface area contributed by atoms with Gasteiger partial charge in [0.1, 0.15) is 11.5 Å². The monoisotopic (exact) mass is 305 g/mol. The molecule has 0 heterocycles. The molecule has 94 valence electrons. The summed E-state index contributed by atoms with van der Waals surface area (Å²) in [5.41, 5.74) is 9.00. The quantitative estimate of drug-likeness (QED) is 0.916. The molecule has 2 nitrogen and oxygen atoms in total. The van der Waals surface area contributed by atoms with E-state index in [0.717, 1.165) is 32.7 Å². The first-order valence-electron chi connectivity index (χ1n) is 5.84. The van der Waals surface area contributed by atoms with E-state index in [-0.39, 0.29) is 0 Å². The highest BCUT2D eigenvalue weighted by Gasteiger charge is 2.06. The van der Waals surface area contributed by atoms with Gasteiger partial charge in [-0.2, -0.15) is 0 Å². The molecule has 2 N–H and O–H groups in total. The zero-order valence-corrected chi connectivity index (χ0v) is 12.1. The van der Waals surface area contributed by atoms with Gasteiger partial charge in [0, 0.05) is 16.6 Å². The summed E-state index contributed by atoms with van der Waals surface area (Å²) in [6, 6.07) is 12.0. The summed E-state index contributed by atoms with van der Waals surface area (Å²) in [4.78, 5) is 0.